The molecule has 124 valence electrons. The zero-order valence-corrected chi connectivity index (χ0v) is 14.5. The Kier molecular flexibility index (Phi) is 4.75. The Hall–Kier alpha value is -3.38. The molecule has 0 N–H and O–H groups in total. The predicted molar refractivity (Wildman–Crippen MR) is 113 cm³/mol. The molecule has 5 aromatic carbocycles. The first-order valence-corrected chi connectivity index (χ1v) is 8.88. The van der Waals surface area contributed by atoms with Crippen molar-refractivity contribution in [3.8, 4) is 11.1 Å². The first kappa shape index (κ1) is 16.1. The Morgan fingerprint density at radius 1 is 0.269 bits per heavy atom. The molecule has 0 fully saturated rings. The van der Waals surface area contributed by atoms with Crippen molar-refractivity contribution in [2.24, 2.45) is 0 Å². The second-order valence-electron chi connectivity index (χ2n) is 6.28. The molecule has 0 aliphatic heterocycles. The molecular weight excluding hydrogens is 312 g/mol. The Morgan fingerprint density at radius 3 is 0.846 bits per heavy atom. The molecule has 0 bridgehead atoms. The van der Waals surface area contributed by atoms with E-state index < -0.39 is 0 Å². The quantitative estimate of drug-likeness (QED) is 0.282. The minimum absolute atomic E-state index is 1.28. The molecule has 0 spiro atoms. The monoisotopic (exact) mass is 332 g/mol. The number of rotatable bonds is 1. The second-order valence-corrected chi connectivity index (χ2v) is 6.28. The van der Waals surface area contributed by atoms with Gasteiger partial charge >= 0.3 is 0 Å². The maximum Gasteiger partial charge on any atom is -0.0178 e. The molecule has 0 amide bonds. The van der Waals surface area contributed by atoms with E-state index in [0.717, 1.165) is 0 Å². The summed E-state index contributed by atoms with van der Waals surface area (Å²) in [6.45, 7) is 0. The van der Waals surface area contributed by atoms with Crippen LogP contribution in [0.3, 0.4) is 0 Å². The maximum atomic E-state index is 2.24. The zero-order valence-electron chi connectivity index (χ0n) is 14.5. The average Bonchev–Trinajstić information content (AvgIpc) is 2.74. The minimum atomic E-state index is 1.28. The van der Waals surface area contributed by atoms with Gasteiger partial charge in [-0.2, -0.15) is 0 Å². The van der Waals surface area contributed by atoms with Crippen molar-refractivity contribution in [1.82, 2.24) is 0 Å². The van der Waals surface area contributed by atoms with Crippen LogP contribution in [0.1, 0.15) is 0 Å². The SMILES string of the molecule is c1ccc(-c2ccccc2)cc1.c1ccc2cc3ccccc3cc2c1. The van der Waals surface area contributed by atoms with E-state index in [1.54, 1.807) is 0 Å². The molecule has 0 unspecified atom stereocenters. The summed E-state index contributed by atoms with van der Waals surface area (Å²) in [6, 6.07) is 42.2. The van der Waals surface area contributed by atoms with Gasteiger partial charge in [-0.3, -0.25) is 0 Å². The van der Waals surface area contributed by atoms with Gasteiger partial charge in [0.2, 0.25) is 0 Å². The highest BCUT2D eigenvalue weighted by molar-refractivity contribution is 5.98. The molecular formula is C26H20. The van der Waals surface area contributed by atoms with Crippen molar-refractivity contribution in [2.45, 2.75) is 0 Å². The lowest BCUT2D eigenvalue weighted by molar-refractivity contribution is 1.62. The lowest BCUT2D eigenvalue weighted by atomic mass is 10.0. The highest BCUT2D eigenvalue weighted by atomic mass is 14.0. The molecule has 0 atom stereocenters. The molecule has 0 saturated carbocycles. The van der Waals surface area contributed by atoms with E-state index in [4.69, 9.17) is 0 Å². The molecule has 0 saturated heterocycles. The third kappa shape index (κ3) is 3.65. The lowest BCUT2D eigenvalue weighted by Gasteiger charge is -2.00. The van der Waals surface area contributed by atoms with Gasteiger partial charge in [-0.25, -0.2) is 0 Å². The molecule has 0 heterocycles. The van der Waals surface area contributed by atoms with Crippen LogP contribution in [0.4, 0.5) is 0 Å². The molecule has 5 rings (SSSR count). The molecule has 0 radical (unpaired) electrons. The van der Waals surface area contributed by atoms with Crippen molar-refractivity contribution in [3.63, 3.8) is 0 Å². The summed E-state index contributed by atoms with van der Waals surface area (Å²) in [7, 11) is 0. The summed E-state index contributed by atoms with van der Waals surface area (Å²) < 4.78 is 0. The van der Waals surface area contributed by atoms with E-state index in [2.05, 4.69) is 109 Å². The van der Waals surface area contributed by atoms with Crippen LogP contribution in [-0.2, 0) is 0 Å². The van der Waals surface area contributed by atoms with E-state index in [0.29, 0.717) is 0 Å². The summed E-state index contributed by atoms with van der Waals surface area (Å²) in [5.41, 5.74) is 2.55. The number of hydrogen-bond acceptors (Lipinski definition) is 0. The Labute approximate surface area is 154 Å². The second kappa shape index (κ2) is 7.67. The average molecular weight is 332 g/mol. The van der Waals surface area contributed by atoms with Crippen molar-refractivity contribution >= 4 is 21.5 Å². The molecule has 0 heteroatoms. The molecule has 0 aliphatic carbocycles. The van der Waals surface area contributed by atoms with E-state index in [9.17, 15) is 0 Å². The topological polar surface area (TPSA) is 0 Å². The fourth-order valence-corrected chi connectivity index (χ4v) is 3.14. The van der Waals surface area contributed by atoms with Crippen LogP contribution < -0.4 is 0 Å². The van der Waals surface area contributed by atoms with Crippen molar-refractivity contribution in [3.05, 3.63) is 121 Å². The van der Waals surface area contributed by atoms with Crippen LogP contribution in [0.15, 0.2) is 121 Å². The molecule has 5 aromatic rings. The first-order chi connectivity index (χ1) is 12.9. The van der Waals surface area contributed by atoms with Crippen LogP contribution >= 0.6 is 0 Å². The van der Waals surface area contributed by atoms with Crippen LogP contribution in [0.2, 0.25) is 0 Å². The van der Waals surface area contributed by atoms with Gasteiger partial charge in [-0.05, 0) is 44.8 Å². The molecule has 0 aromatic heterocycles. The maximum absolute atomic E-state index is 2.24. The molecule has 26 heavy (non-hydrogen) atoms. The summed E-state index contributed by atoms with van der Waals surface area (Å²) >= 11 is 0. The zero-order chi connectivity index (χ0) is 17.6. The van der Waals surface area contributed by atoms with E-state index in [1.165, 1.54) is 32.7 Å². The van der Waals surface area contributed by atoms with Gasteiger partial charge in [0.05, 0.1) is 0 Å². The fraction of sp³-hybridized carbons (Fsp3) is 0. The van der Waals surface area contributed by atoms with E-state index in [1.807, 2.05) is 12.1 Å². The Morgan fingerprint density at radius 2 is 0.538 bits per heavy atom. The standard InChI is InChI=1S/C14H10.C12H10/c1-2-6-12-10-14-8-4-3-7-13(14)9-11(12)5-1;1-3-7-11(8-4-1)12-9-5-2-6-10-12/h1-10H;1-10H. The van der Waals surface area contributed by atoms with Gasteiger partial charge in [-0.1, -0.05) is 109 Å². The molecule has 0 nitrogen and oxygen atoms in total. The van der Waals surface area contributed by atoms with Crippen molar-refractivity contribution in [2.75, 3.05) is 0 Å². The summed E-state index contributed by atoms with van der Waals surface area (Å²) in [5.74, 6) is 0. The molecule has 0 aliphatic rings. The van der Waals surface area contributed by atoms with Crippen molar-refractivity contribution < 1.29 is 0 Å². The summed E-state index contributed by atoms with van der Waals surface area (Å²) in [4.78, 5) is 0. The van der Waals surface area contributed by atoms with Gasteiger partial charge in [0.25, 0.3) is 0 Å². The van der Waals surface area contributed by atoms with Gasteiger partial charge in [-0.15, -0.1) is 0 Å². The third-order valence-electron chi connectivity index (χ3n) is 4.49. The summed E-state index contributed by atoms with van der Waals surface area (Å²) in [5, 5.41) is 5.25. The highest BCUT2D eigenvalue weighted by Gasteiger charge is 1.95. The van der Waals surface area contributed by atoms with Gasteiger partial charge in [0.15, 0.2) is 0 Å². The van der Waals surface area contributed by atoms with Crippen LogP contribution in [-0.4, -0.2) is 0 Å². The van der Waals surface area contributed by atoms with Crippen LogP contribution in [0.25, 0.3) is 32.7 Å². The third-order valence-corrected chi connectivity index (χ3v) is 4.49. The van der Waals surface area contributed by atoms with E-state index in [-0.39, 0.29) is 0 Å². The van der Waals surface area contributed by atoms with E-state index >= 15 is 0 Å². The number of hydrogen-bond donors (Lipinski definition) is 0. The first-order valence-electron chi connectivity index (χ1n) is 8.88. The highest BCUT2D eigenvalue weighted by Crippen LogP contribution is 2.22. The Balaban J connectivity index is 0.000000131. The van der Waals surface area contributed by atoms with Crippen LogP contribution in [0.5, 0.6) is 0 Å². The fourth-order valence-electron chi connectivity index (χ4n) is 3.14. The van der Waals surface area contributed by atoms with Crippen LogP contribution in [0, 0.1) is 0 Å². The minimum Gasteiger partial charge on any atom is -0.0622 e. The van der Waals surface area contributed by atoms with Gasteiger partial charge in [0, 0.05) is 0 Å². The normalized spacial score (nSPS) is 10.3. The summed E-state index contributed by atoms with van der Waals surface area (Å²) in [6.07, 6.45) is 0. The Bertz CT molecular complexity index is 967. The van der Waals surface area contributed by atoms with Gasteiger partial charge < -0.3 is 0 Å². The number of fused-ring (bicyclic) bond motifs is 2. The smallest absolute Gasteiger partial charge is 0.0178 e. The number of benzene rings is 5. The van der Waals surface area contributed by atoms with Gasteiger partial charge in [0.1, 0.15) is 0 Å². The predicted octanol–water partition coefficient (Wildman–Crippen LogP) is 7.35. The lowest BCUT2D eigenvalue weighted by Crippen LogP contribution is -1.74. The largest absolute Gasteiger partial charge is 0.0622 e. The van der Waals surface area contributed by atoms with Crippen molar-refractivity contribution in [1.29, 1.82) is 0 Å².